The second-order valence-corrected chi connectivity index (χ2v) is 6.42. The van der Waals surface area contributed by atoms with Gasteiger partial charge in [0.2, 0.25) is 0 Å². The van der Waals surface area contributed by atoms with Crippen LogP contribution in [0.25, 0.3) is 10.9 Å². The highest BCUT2D eigenvalue weighted by Crippen LogP contribution is 2.38. The summed E-state index contributed by atoms with van der Waals surface area (Å²) < 4.78 is 0. The molecule has 1 aliphatic carbocycles. The summed E-state index contributed by atoms with van der Waals surface area (Å²) in [6.45, 7) is 1.12. The zero-order valence-electron chi connectivity index (χ0n) is 12.3. The summed E-state index contributed by atoms with van der Waals surface area (Å²) in [4.78, 5) is 11.6. The van der Waals surface area contributed by atoms with Crippen LogP contribution in [0.15, 0.2) is 24.5 Å². The van der Waals surface area contributed by atoms with E-state index < -0.39 is 0 Å². The molecule has 2 aromatic rings. The molecular formula is C17H22N4. The Bertz CT molecular complexity index is 652. The molecule has 1 saturated heterocycles. The van der Waals surface area contributed by atoms with Crippen molar-refractivity contribution in [2.45, 2.75) is 44.6 Å². The second kappa shape index (κ2) is 5.17. The summed E-state index contributed by atoms with van der Waals surface area (Å²) in [7, 11) is 0. The van der Waals surface area contributed by atoms with Gasteiger partial charge in [-0.1, -0.05) is 12.8 Å². The quantitative estimate of drug-likeness (QED) is 0.815. The molecular weight excluding hydrogens is 260 g/mol. The maximum atomic E-state index is 5.88. The summed E-state index contributed by atoms with van der Waals surface area (Å²) >= 11 is 0. The van der Waals surface area contributed by atoms with Gasteiger partial charge in [0, 0.05) is 23.7 Å². The lowest BCUT2D eigenvalue weighted by molar-refractivity contribution is 0.243. The molecule has 4 rings (SSSR count). The third kappa shape index (κ3) is 2.23. The molecule has 4 heteroatoms. The smallest absolute Gasteiger partial charge is 0.140 e. The number of nitrogens with two attached hydrogens (primary N) is 1. The van der Waals surface area contributed by atoms with Crippen molar-refractivity contribution in [2.24, 2.45) is 5.92 Å². The summed E-state index contributed by atoms with van der Waals surface area (Å²) in [6, 6.07) is 6.65. The molecule has 2 fully saturated rings. The Kier molecular flexibility index (Phi) is 3.17. The number of piperidine rings is 1. The first-order valence-corrected chi connectivity index (χ1v) is 8.10. The van der Waals surface area contributed by atoms with E-state index in [1.54, 1.807) is 6.33 Å². The van der Waals surface area contributed by atoms with Gasteiger partial charge in [-0.15, -0.1) is 0 Å². The van der Waals surface area contributed by atoms with Crippen molar-refractivity contribution < 1.29 is 0 Å². The minimum Gasteiger partial charge on any atom is -0.399 e. The maximum absolute atomic E-state index is 5.88. The molecule has 2 aliphatic rings. The summed E-state index contributed by atoms with van der Waals surface area (Å²) in [6.07, 6.45) is 9.80. The molecule has 0 bridgehead atoms. The van der Waals surface area contributed by atoms with E-state index in [0.29, 0.717) is 6.04 Å². The number of hydrogen-bond acceptors (Lipinski definition) is 4. The van der Waals surface area contributed by atoms with Crippen LogP contribution in [0, 0.1) is 5.92 Å². The minimum absolute atomic E-state index is 0.670. The third-order valence-corrected chi connectivity index (χ3v) is 5.15. The van der Waals surface area contributed by atoms with Crippen LogP contribution in [0.2, 0.25) is 0 Å². The van der Waals surface area contributed by atoms with Crippen LogP contribution in [0.3, 0.4) is 0 Å². The fourth-order valence-corrected chi connectivity index (χ4v) is 4.18. The van der Waals surface area contributed by atoms with Crippen LogP contribution < -0.4 is 10.6 Å². The number of hydrogen-bond donors (Lipinski definition) is 1. The number of nitrogen functional groups attached to an aromatic ring is 1. The lowest BCUT2D eigenvalue weighted by Crippen LogP contribution is -2.47. The highest BCUT2D eigenvalue weighted by molar-refractivity contribution is 5.91. The lowest BCUT2D eigenvalue weighted by atomic mass is 9.78. The SMILES string of the molecule is Nc1ccc2c(N3CCCC4CCCCC43)ncnc2c1. The molecule has 1 aliphatic heterocycles. The molecule has 1 aromatic heterocycles. The number of anilines is 2. The van der Waals surface area contributed by atoms with Gasteiger partial charge in [-0.25, -0.2) is 9.97 Å². The highest BCUT2D eigenvalue weighted by atomic mass is 15.2. The Labute approximate surface area is 125 Å². The average Bonchev–Trinajstić information content (AvgIpc) is 2.53. The van der Waals surface area contributed by atoms with Crippen LogP contribution in [0.5, 0.6) is 0 Å². The Balaban J connectivity index is 1.78. The van der Waals surface area contributed by atoms with Gasteiger partial charge in [-0.3, -0.25) is 0 Å². The molecule has 0 radical (unpaired) electrons. The van der Waals surface area contributed by atoms with E-state index >= 15 is 0 Å². The van der Waals surface area contributed by atoms with E-state index in [1.807, 2.05) is 12.1 Å². The van der Waals surface area contributed by atoms with Gasteiger partial charge >= 0.3 is 0 Å². The van der Waals surface area contributed by atoms with Gasteiger partial charge in [0.1, 0.15) is 12.1 Å². The molecule has 110 valence electrons. The normalized spacial score (nSPS) is 25.8. The Hall–Kier alpha value is -1.84. The van der Waals surface area contributed by atoms with E-state index in [1.165, 1.54) is 38.5 Å². The minimum atomic E-state index is 0.670. The first kappa shape index (κ1) is 12.9. The number of nitrogens with zero attached hydrogens (tertiary/aromatic N) is 3. The van der Waals surface area contributed by atoms with Crippen molar-refractivity contribution in [2.75, 3.05) is 17.2 Å². The van der Waals surface area contributed by atoms with Crippen LogP contribution in [-0.2, 0) is 0 Å². The first-order valence-electron chi connectivity index (χ1n) is 8.10. The molecule has 2 atom stereocenters. The van der Waals surface area contributed by atoms with Crippen molar-refractivity contribution in [3.8, 4) is 0 Å². The number of benzene rings is 1. The maximum Gasteiger partial charge on any atom is 0.140 e. The summed E-state index contributed by atoms with van der Waals surface area (Å²) in [5, 5.41) is 1.14. The zero-order chi connectivity index (χ0) is 14.2. The van der Waals surface area contributed by atoms with Crippen molar-refractivity contribution in [3.05, 3.63) is 24.5 Å². The van der Waals surface area contributed by atoms with E-state index in [-0.39, 0.29) is 0 Å². The Morgan fingerprint density at radius 3 is 2.86 bits per heavy atom. The molecule has 2 N–H and O–H groups in total. The fourth-order valence-electron chi connectivity index (χ4n) is 4.18. The van der Waals surface area contributed by atoms with Crippen molar-refractivity contribution in [1.29, 1.82) is 0 Å². The Morgan fingerprint density at radius 2 is 1.90 bits per heavy atom. The second-order valence-electron chi connectivity index (χ2n) is 6.42. The van der Waals surface area contributed by atoms with E-state index in [9.17, 15) is 0 Å². The van der Waals surface area contributed by atoms with Crippen molar-refractivity contribution in [3.63, 3.8) is 0 Å². The van der Waals surface area contributed by atoms with Gasteiger partial charge in [0.05, 0.1) is 5.52 Å². The van der Waals surface area contributed by atoms with Gasteiger partial charge in [-0.05, 0) is 49.8 Å². The monoisotopic (exact) mass is 282 g/mol. The van der Waals surface area contributed by atoms with Crippen molar-refractivity contribution in [1.82, 2.24) is 9.97 Å². The van der Waals surface area contributed by atoms with Gasteiger partial charge < -0.3 is 10.6 Å². The predicted molar refractivity (Wildman–Crippen MR) is 86.3 cm³/mol. The molecule has 0 amide bonds. The highest BCUT2D eigenvalue weighted by Gasteiger charge is 2.34. The molecule has 2 unspecified atom stereocenters. The van der Waals surface area contributed by atoms with Gasteiger partial charge in [0.25, 0.3) is 0 Å². The number of rotatable bonds is 1. The van der Waals surface area contributed by atoms with Crippen LogP contribution in [-0.4, -0.2) is 22.6 Å². The summed E-state index contributed by atoms with van der Waals surface area (Å²) in [5.74, 6) is 1.96. The van der Waals surface area contributed by atoms with E-state index in [4.69, 9.17) is 5.73 Å². The molecule has 2 heterocycles. The number of fused-ring (bicyclic) bond motifs is 2. The van der Waals surface area contributed by atoms with Crippen molar-refractivity contribution >= 4 is 22.4 Å². The van der Waals surface area contributed by atoms with Crippen LogP contribution >= 0.6 is 0 Å². The Morgan fingerprint density at radius 1 is 1.05 bits per heavy atom. The standard InChI is InChI=1S/C17H22N4/c18-13-7-8-14-15(10-13)19-11-20-17(14)21-9-3-5-12-4-1-2-6-16(12)21/h7-8,10-12,16H,1-6,9,18H2. The summed E-state index contributed by atoms with van der Waals surface area (Å²) in [5.41, 5.74) is 7.61. The zero-order valence-corrected chi connectivity index (χ0v) is 12.3. The van der Waals surface area contributed by atoms with Crippen LogP contribution in [0.1, 0.15) is 38.5 Å². The molecule has 21 heavy (non-hydrogen) atoms. The number of aromatic nitrogens is 2. The third-order valence-electron chi connectivity index (χ3n) is 5.15. The van der Waals surface area contributed by atoms with Gasteiger partial charge in [-0.2, -0.15) is 0 Å². The molecule has 0 spiro atoms. The van der Waals surface area contributed by atoms with Crippen LogP contribution in [0.4, 0.5) is 11.5 Å². The van der Waals surface area contributed by atoms with E-state index in [0.717, 1.165) is 34.9 Å². The van der Waals surface area contributed by atoms with Gasteiger partial charge in [0.15, 0.2) is 0 Å². The first-order chi connectivity index (χ1) is 10.3. The topological polar surface area (TPSA) is 55.0 Å². The van der Waals surface area contributed by atoms with E-state index in [2.05, 4.69) is 20.9 Å². The molecule has 1 aromatic carbocycles. The predicted octanol–water partition coefficient (Wildman–Crippen LogP) is 3.37. The fraction of sp³-hybridized carbons (Fsp3) is 0.529. The molecule has 1 saturated carbocycles. The largest absolute Gasteiger partial charge is 0.399 e. The average molecular weight is 282 g/mol. The molecule has 4 nitrogen and oxygen atoms in total. The lowest BCUT2D eigenvalue weighted by Gasteiger charge is -2.45.